The molecule has 138 valence electrons. The Morgan fingerprint density at radius 2 is 1.74 bits per heavy atom. The molecule has 3 aromatic rings. The van der Waals surface area contributed by atoms with Crippen molar-refractivity contribution in [1.29, 1.82) is 0 Å². The smallest absolute Gasteiger partial charge is 0.253 e. The number of benzene rings is 2. The van der Waals surface area contributed by atoms with Gasteiger partial charge in [0.05, 0.1) is 18.3 Å². The number of nitrogens with zero attached hydrogens (tertiary/aromatic N) is 2. The van der Waals surface area contributed by atoms with Gasteiger partial charge < -0.3 is 9.64 Å². The molecule has 1 amide bonds. The number of rotatable bonds is 3. The van der Waals surface area contributed by atoms with Gasteiger partial charge in [-0.05, 0) is 44.4 Å². The maximum absolute atomic E-state index is 12.8. The fourth-order valence-electron chi connectivity index (χ4n) is 3.65. The summed E-state index contributed by atoms with van der Waals surface area (Å²) in [5.41, 5.74) is 4.67. The number of pyridine rings is 1. The van der Waals surface area contributed by atoms with E-state index >= 15 is 0 Å². The molecular formula is C23H24N2O2. The van der Waals surface area contributed by atoms with E-state index in [0.29, 0.717) is 5.56 Å². The maximum atomic E-state index is 12.8. The van der Waals surface area contributed by atoms with Gasteiger partial charge in [0.15, 0.2) is 0 Å². The fourth-order valence-corrected chi connectivity index (χ4v) is 3.65. The van der Waals surface area contributed by atoms with Gasteiger partial charge in [0.2, 0.25) is 0 Å². The highest BCUT2D eigenvalue weighted by atomic mass is 16.5. The van der Waals surface area contributed by atoms with Crippen LogP contribution in [0.15, 0.2) is 48.5 Å². The second-order valence-corrected chi connectivity index (χ2v) is 7.16. The lowest BCUT2D eigenvalue weighted by atomic mass is 10.0. The van der Waals surface area contributed by atoms with Gasteiger partial charge in [0, 0.05) is 35.7 Å². The third kappa shape index (κ3) is 3.52. The predicted octanol–water partition coefficient (Wildman–Crippen LogP) is 4.84. The van der Waals surface area contributed by atoms with Gasteiger partial charge >= 0.3 is 0 Å². The highest BCUT2D eigenvalue weighted by Gasteiger charge is 2.19. The number of carbonyl (C=O) groups is 1. The summed E-state index contributed by atoms with van der Waals surface area (Å²) in [5, 5.41) is 0.872. The van der Waals surface area contributed by atoms with Crippen molar-refractivity contribution in [2.24, 2.45) is 0 Å². The molecule has 0 bridgehead atoms. The van der Waals surface area contributed by atoms with Crippen molar-refractivity contribution in [2.45, 2.75) is 26.2 Å². The van der Waals surface area contributed by atoms with Crippen molar-refractivity contribution in [3.8, 4) is 17.0 Å². The van der Waals surface area contributed by atoms with Gasteiger partial charge in [0.25, 0.3) is 5.91 Å². The molecule has 4 nitrogen and oxygen atoms in total. The zero-order valence-electron chi connectivity index (χ0n) is 15.9. The average molecular weight is 360 g/mol. The molecule has 1 saturated heterocycles. The molecule has 4 heteroatoms. The summed E-state index contributed by atoms with van der Waals surface area (Å²) in [6, 6.07) is 16.0. The zero-order valence-corrected chi connectivity index (χ0v) is 15.9. The van der Waals surface area contributed by atoms with E-state index in [9.17, 15) is 4.79 Å². The first-order valence-corrected chi connectivity index (χ1v) is 9.51. The first kappa shape index (κ1) is 17.5. The molecule has 2 aromatic carbocycles. The molecule has 0 saturated carbocycles. The van der Waals surface area contributed by atoms with E-state index in [2.05, 4.69) is 31.2 Å². The van der Waals surface area contributed by atoms with Crippen molar-refractivity contribution in [3.63, 3.8) is 0 Å². The van der Waals surface area contributed by atoms with E-state index in [1.807, 2.05) is 29.2 Å². The topological polar surface area (TPSA) is 42.4 Å². The van der Waals surface area contributed by atoms with Crippen molar-refractivity contribution >= 4 is 16.8 Å². The Balaban J connectivity index is 1.74. The van der Waals surface area contributed by atoms with Crippen LogP contribution in [0, 0.1) is 6.92 Å². The molecular weight excluding hydrogens is 336 g/mol. The minimum Gasteiger partial charge on any atom is -0.496 e. The zero-order chi connectivity index (χ0) is 18.8. The number of hydrogen-bond donors (Lipinski definition) is 0. The van der Waals surface area contributed by atoms with Crippen LogP contribution in [-0.2, 0) is 0 Å². The molecule has 4 rings (SSSR count). The molecule has 2 heterocycles. The Labute approximate surface area is 159 Å². The number of methoxy groups -OCH3 is 1. The molecule has 1 aliphatic rings. The SMILES string of the molecule is COc1cc(-c2ccc(C)cc2)nc2ccc(C(=O)N3CCCCC3)cc12. The van der Waals surface area contributed by atoms with Crippen LogP contribution in [0.5, 0.6) is 5.75 Å². The molecule has 0 radical (unpaired) electrons. The Morgan fingerprint density at radius 3 is 2.44 bits per heavy atom. The lowest BCUT2D eigenvalue weighted by molar-refractivity contribution is 0.0724. The number of hydrogen-bond acceptors (Lipinski definition) is 3. The van der Waals surface area contributed by atoms with Crippen LogP contribution in [0.25, 0.3) is 22.2 Å². The maximum Gasteiger partial charge on any atom is 0.253 e. The van der Waals surface area contributed by atoms with Crippen LogP contribution in [0.1, 0.15) is 35.2 Å². The second-order valence-electron chi connectivity index (χ2n) is 7.16. The highest BCUT2D eigenvalue weighted by molar-refractivity contribution is 5.99. The Bertz CT molecular complexity index is 974. The average Bonchev–Trinajstić information content (AvgIpc) is 2.73. The normalized spacial score (nSPS) is 14.4. The summed E-state index contributed by atoms with van der Waals surface area (Å²) in [7, 11) is 1.66. The number of piperidine rings is 1. The Hall–Kier alpha value is -2.88. The molecule has 1 aliphatic heterocycles. The fraction of sp³-hybridized carbons (Fsp3) is 0.304. The van der Waals surface area contributed by atoms with Gasteiger partial charge in [-0.2, -0.15) is 0 Å². The van der Waals surface area contributed by atoms with E-state index < -0.39 is 0 Å². The van der Waals surface area contributed by atoms with Crippen molar-refractivity contribution < 1.29 is 9.53 Å². The first-order valence-electron chi connectivity index (χ1n) is 9.51. The van der Waals surface area contributed by atoms with Crippen LogP contribution < -0.4 is 4.74 Å². The minimum absolute atomic E-state index is 0.0984. The first-order chi connectivity index (χ1) is 13.2. The van der Waals surface area contributed by atoms with E-state index in [0.717, 1.165) is 53.8 Å². The van der Waals surface area contributed by atoms with Crippen LogP contribution in [0.3, 0.4) is 0 Å². The number of likely N-dealkylation sites (tertiary alicyclic amines) is 1. The number of fused-ring (bicyclic) bond motifs is 1. The van der Waals surface area contributed by atoms with Gasteiger partial charge in [-0.15, -0.1) is 0 Å². The van der Waals surface area contributed by atoms with Crippen LogP contribution in [0.2, 0.25) is 0 Å². The third-order valence-electron chi connectivity index (χ3n) is 5.23. The van der Waals surface area contributed by atoms with Gasteiger partial charge in [-0.1, -0.05) is 29.8 Å². The van der Waals surface area contributed by atoms with Crippen LogP contribution in [-0.4, -0.2) is 36.0 Å². The van der Waals surface area contributed by atoms with Crippen LogP contribution in [0.4, 0.5) is 0 Å². The molecule has 27 heavy (non-hydrogen) atoms. The summed E-state index contributed by atoms with van der Waals surface area (Å²) in [4.78, 5) is 19.6. The van der Waals surface area contributed by atoms with Crippen molar-refractivity contribution in [2.75, 3.05) is 20.2 Å². The standard InChI is InChI=1S/C23H24N2O2/c1-16-6-8-17(9-7-16)21-15-22(27-2)19-14-18(10-11-20(19)24-21)23(26)25-12-4-3-5-13-25/h6-11,14-15H,3-5,12-13H2,1-2H3. The highest BCUT2D eigenvalue weighted by Crippen LogP contribution is 2.31. The predicted molar refractivity (Wildman–Crippen MR) is 108 cm³/mol. The van der Waals surface area contributed by atoms with Gasteiger partial charge in [0.1, 0.15) is 5.75 Å². The summed E-state index contributed by atoms with van der Waals surface area (Å²) >= 11 is 0. The summed E-state index contributed by atoms with van der Waals surface area (Å²) in [6.07, 6.45) is 3.38. The number of ether oxygens (including phenoxy) is 1. The Morgan fingerprint density at radius 1 is 1.00 bits per heavy atom. The summed E-state index contributed by atoms with van der Waals surface area (Å²) < 4.78 is 5.63. The third-order valence-corrected chi connectivity index (χ3v) is 5.23. The molecule has 0 unspecified atom stereocenters. The summed E-state index contributed by atoms with van der Waals surface area (Å²) in [6.45, 7) is 3.76. The summed E-state index contributed by atoms with van der Waals surface area (Å²) in [5.74, 6) is 0.838. The quantitative estimate of drug-likeness (QED) is 0.671. The molecule has 1 aromatic heterocycles. The van der Waals surface area contributed by atoms with Gasteiger partial charge in [-0.3, -0.25) is 4.79 Å². The number of aromatic nitrogens is 1. The lowest BCUT2D eigenvalue weighted by Crippen LogP contribution is -2.35. The van der Waals surface area contributed by atoms with E-state index in [1.165, 1.54) is 12.0 Å². The minimum atomic E-state index is 0.0984. The molecule has 0 N–H and O–H groups in total. The van der Waals surface area contributed by atoms with Crippen molar-refractivity contribution in [3.05, 3.63) is 59.7 Å². The van der Waals surface area contributed by atoms with E-state index in [-0.39, 0.29) is 5.91 Å². The Kier molecular flexibility index (Phi) is 4.80. The number of aryl methyl sites for hydroxylation is 1. The number of carbonyl (C=O) groups excluding carboxylic acids is 1. The van der Waals surface area contributed by atoms with E-state index in [4.69, 9.17) is 9.72 Å². The molecule has 1 fully saturated rings. The molecule has 0 atom stereocenters. The monoisotopic (exact) mass is 360 g/mol. The number of amides is 1. The van der Waals surface area contributed by atoms with Gasteiger partial charge in [-0.25, -0.2) is 4.98 Å². The van der Waals surface area contributed by atoms with Crippen molar-refractivity contribution in [1.82, 2.24) is 9.88 Å². The van der Waals surface area contributed by atoms with E-state index in [1.54, 1.807) is 7.11 Å². The lowest BCUT2D eigenvalue weighted by Gasteiger charge is -2.26. The molecule has 0 aliphatic carbocycles. The largest absolute Gasteiger partial charge is 0.496 e. The second kappa shape index (κ2) is 7.39. The van der Waals surface area contributed by atoms with Crippen LogP contribution >= 0.6 is 0 Å². The molecule has 0 spiro atoms.